The van der Waals surface area contributed by atoms with Gasteiger partial charge in [0.05, 0.1) is 17.8 Å². The molecule has 6 nitrogen and oxygen atoms in total. The Morgan fingerprint density at radius 2 is 2.35 bits per heavy atom. The molecule has 0 fully saturated rings. The summed E-state index contributed by atoms with van der Waals surface area (Å²) in [6, 6.07) is 3.87. The first-order chi connectivity index (χ1) is 9.47. The molecular formula is C13H15FN4O2. The topological polar surface area (TPSA) is 93.2 Å². The van der Waals surface area contributed by atoms with E-state index in [-0.39, 0.29) is 23.0 Å². The van der Waals surface area contributed by atoms with E-state index in [4.69, 9.17) is 10.8 Å². The van der Waals surface area contributed by atoms with E-state index in [1.807, 2.05) is 6.92 Å². The Morgan fingerprint density at radius 3 is 2.95 bits per heavy atom. The number of carbonyl (C=O) groups is 1. The highest BCUT2D eigenvalue weighted by Crippen LogP contribution is 2.23. The SMILES string of the molecule is CC(Cn1cccn1)Nc1cc(C(=O)O)c(N)cc1F. The van der Waals surface area contributed by atoms with Gasteiger partial charge < -0.3 is 16.2 Å². The maximum atomic E-state index is 13.8. The molecule has 1 heterocycles. The van der Waals surface area contributed by atoms with Crippen LogP contribution in [-0.4, -0.2) is 26.9 Å². The van der Waals surface area contributed by atoms with Crippen molar-refractivity contribution >= 4 is 17.3 Å². The normalized spacial score (nSPS) is 12.1. The summed E-state index contributed by atoms with van der Waals surface area (Å²) in [5.74, 6) is -1.77. The molecular weight excluding hydrogens is 263 g/mol. The van der Waals surface area contributed by atoms with Crippen molar-refractivity contribution in [2.24, 2.45) is 0 Å². The highest BCUT2D eigenvalue weighted by atomic mass is 19.1. The van der Waals surface area contributed by atoms with E-state index in [1.165, 1.54) is 6.07 Å². The number of anilines is 2. The largest absolute Gasteiger partial charge is 0.478 e. The second kappa shape index (κ2) is 5.60. The number of rotatable bonds is 5. The van der Waals surface area contributed by atoms with Gasteiger partial charge >= 0.3 is 5.97 Å². The Labute approximate surface area is 115 Å². The molecule has 1 atom stereocenters. The van der Waals surface area contributed by atoms with Crippen LogP contribution in [0.1, 0.15) is 17.3 Å². The standard InChI is InChI=1S/C13H15FN4O2/c1-8(7-18-4-2-3-16-18)17-12-5-9(13(19)20)11(15)6-10(12)14/h2-6,8,17H,7,15H2,1H3,(H,19,20). The number of nitrogens with zero attached hydrogens (tertiary/aromatic N) is 2. The summed E-state index contributed by atoms with van der Waals surface area (Å²) in [5.41, 5.74) is 5.35. The fraction of sp³-hybridized carbons (Fsp3) is 0.231. The highest BCUT2D eigenvalue weighted by Gasteiger charge is 2.14. The molecule has 0 spiro atoms. The molecule has 0 saturated carbocycles. The lowest BCUT2D eigenvalue weighted by Crippen LogP contribution is -2.23. The molecule has 0 amide bonds. The highest BCUT2D eigenvalue weighted by molar-refractivity contribution is 5.94. The number of nitrogen functional groups attached to an aromatic ring is 1. The lowest BCUT2D eigenvalue weighted by Gasteiger charge is -2.17. The van der Waals surface area contributed by atoms with Crippen LogP contribution in [0.3, 0.4) is 0 Å². The molecule has 20 heavy (non-hydrogen) atoms. The van der Waals surface area contributed by atoms with Gasteiger partial charge in [0.15, 0.2) is 0 Å². The van der Waals surface area contributed by atoms with Gasteiger partial charge in [0.2, 0.25) is 0 Å². The number of hydrogen-bond acceptors (Lipinski definition) is 4. The number of benzene rings is 1. The zero-order valence-corrected chi connectivity index (χ0v) is 10.9. The van der Waals surface area contributed by atoms with Crippen molar-refractivity contribution in [3.8, 4) is 0 Å². The van der Waals surface area contributed by atoms with E-state index in [0.29, 0.717) is 6.54 Å². The average molecular weight is 278 g/mol. The monoisotopic (exact) mass is 278 g/mol. The first-order valence-electron chi connectivity index (χ1n) is 6.03. The van der Waals surface area contributed by atoms with Crippen LogP contribution in [0.4, 0.5) is 15.8 Å². The smallest absolute Gasteiger partial charge is 0.337 e. The quantitative estimate of drug-likeness (QED) is 0.725. The molecule has 0 aliphatic heterocycles. The lowest BCUT2D eigenvalue weighted by molar-refractivity contribution is 0.0698. The van der Waals surface area contributed by atoms with Gasteiger partial charge in [0.1, 0.15) is 5.82 Å². The van der Waals surface area contributed by atoms with Crippen LogP contribution in [0.15, 0.2) is 30.6 Å². The van der Waals surface area contributed by atoms with Gasteiger partial charge in [-0.15, -0.1) is 0 Å². The van der Waals surface area contributed by atoms with Crippen molar-refractivity contribution in [2.45, 2.75) is 19.5 Å². The van der Waals surface area contributed by atoms with Crippen LogP contribution >= 0.6 is 0 Å². The molecule has 2 aromatic rings. The predicted octanol–water partition coefficient (Wildman–Crippen LogP) is 1.80. The van der Waals surface area contributed by atoms with E-state index in [9.17, 15) is 9.18 Å². The van der Waals surface area contributed by atoms with E-state index in [1.54, 1.807) is 23.1 Å². The summed E-state index contributed by atoms with van der Waals surface area (Å²) in [7, 11) is 0. The number of halogens is 1. The Balaban J connectivity index is 2.16. The minimum atomic E-state index is -1.19. The van der Waals surface area contributed by atoms with Gasteiger partial charge in [-0.25, -0.2) is 9.18 Å². The summed E-state index contributed by atoms with van der Waals surface area (Å²) < 4.78 is 15.5. The number of aromatic carboxylic acids is 1. The van der Waals surface area contributed by atoms with Crippen LogP contribution in [-0.2, 0) is 6.54 Å². The molecule has 0 aliphatic rings. The molecule has 106 valence electrons. The first-order valence-corrected chi connectivity index (χ1v) is 6.03. The van der Waals surface area contributed by atoms with Crippen LogP contribution in [0.5, 0.6) is 0 Å². The Bertz CT molecular complexity index is 613. The summed E-state index contributed by atoms with van der Waals surface area (Å²) in [6.07, 6.45) is 3.44. The van der Waals surface area contributed by atoms with Crippen molar-refractivity contribution in [1.82, 2.24) is 9.78 Å². The van der Waals surface area contributed by atoms with Gasteiger partial charge in [-0.2, -0.15) is 5.10 Å². The third-order valence-corrected chi connectivity index (χ3v) is 2.79. The summed E-state index contributed by atoms with van der Waals surface area (Å²) in [5, 5.41) is 15.9. The van der Waals surface area contributed by atoms with E-state index >= 15 is 0 Å². The number of carboxylic acids is 1. The molecule has 1 unspecified atom stereocenters. The third kappa shape index (κ3) is 3.05. The van der Waals surface area contributed by atoms with Gasteiger partial charge in [-0.05, 0) is 25.1 Å². The van der Waals surface area contributed by atoms with Crippen LogP contribution in [0.25, 0.3) is 0 Å². The van der Waals surface area contributed by atoms with Crippen molar-refractivity contribution in [3.63, 3.8) is 0 Å². The van der Waals surface area contributed by atoms with Gasteiger partial charge in [0.25, 0.3) is 0 Å². The van der Waals surface area contributed by atoms with E-state index in [0.717, 1.165) is 6.07 Å². The van der Waals surface area contributed by atoms with Crippen LogP contribution in [0, 0.1) is 5.82 Å². The van der Waals surface area contributed by atoms with E-state index in [2.05, 4.69) is 10.4 Å². The van der Waals surface area contributed by atoms with Crippen molar-refractivity contribution in [1.29, 1.82) is 0 Å². The minimum Gasteiger partial charge on any atom is -0.478 e. The van der Waals surface area contributed by atoms with Crippen LogP contribution in [0.2, 0.25) is 0 Å². The van der Waals surface area contributed by atoms with Crippen molar-refractivity contribution in [3.05, 3.63) is 42.0 Å². The molecule has 1 aromatic carbocycles. The van der Waals surface area contributed by atoms with Gasteiger partial charge in [0, 0.05) is 24.1 Å². The summed E-state index contributed by atoms with van der Waals surface area (Å²) in [4.78, 5) is 11.0. The molecule has 0 aliphatic carbocycles. The molecule has 2 rings (SSSR count). The number of nitrogens with one attached hydrogen (secondary N) is 1. The Hall–Kier alpha value is -2.57. The molecule has 0 radical (unpaired) electrons. The zero-order chi connectivity index (χ0) is 14.7. The fourth-order valence-electron chi connectivity index (χ4n) is 1.88. The van der Waals surface area contributed by atoms with Crippen molar-refractivity contribution < 1.29 is 14.3 Å². The van der Waals surface area contributed by atoms with Crippen LogP contribution < -0.4 is 11.1 Å². The summed E-state index contributed by atoms with van der Waals surface area (Å²) >= 11 is 0. The molecule has 4 N–H and O–H groups in total. The number of nitrogens with two attached hydrogens (primary N) is 1. The maximum absolute atomic E-state index is 13.8. The summed E-state index contributed by atoms with van der Waals surface area (Å²) in [6.45, 7) is 2.37. The number of hydrogen-bond donors (Lipinski definition) is 3. The average Bonchev–Trinajstić information content (AvgIpc) is 2.84. The zero-order valence-electron chi connectivity index (χ0n) is 10.9. The predicted molar refractivity (Wildman–Crippen MR) is 73.1 cm³/mol. The first kappa shape index (κ1) is 13.9. The van der Waals surface area contributed by atoms with Crippen molar-refractivity contribution in [2.75, 3.05) is 11.1 Å². The van der Waals surface area contributed by atoms with E-state index < -0.39 is 11.8 Å². The number of carboxylic acid groups (broad SMARTS) is 1. The Kier molecular flexibility index (Phi) is 3.88. The minimum absolute atomic E-state index is 0.0970. The fourth-order valence-corrected chi connectivity index (χ4v) is 1.88. The second-order valence-electron chi connectivity index (χ2n) is 4.50. The maximum Gasteiger partial charge on any atom is 0.337 e. The lowest BCUT2D eigenvalue weighted by atomic mass is 10.1. The molecule has 7 heteroatoms. The van der Waals surface area contributed by atoms with Gasteiger partial charge in [-0.3, -0.25) is 4.68 Å². The molecule has 1 aromatic heterocycles. The number of aromatic nitrogens is 2. The molecule has 0 saturated heterocycles. The second-order valence-corrected chi connectivity index (χ2v) is 4.50. The Morgan fingerprint density at radius 1 is 1.60 bits per heavy atom. The third-order valence-electron chi connectivity index (χ3n) is 2.79. The van der Waals surface area contributed by atoms with Gasteiger partial charge in [-0.1, -0.05) is 0 Å². The molecule has 0 bridgehead atoms.